The lowest BCUT2D eigenvalue weighted by molar-refractivity contribution is -0.384. The van der Waals surface area contributed by atoms with E-state index in [2.05, 4.69) is 10.2 Å². The predicted molar refractivity (Wildman–Crippen MR) is 80.7 cm³/mol. The Morgan fingerprint density at radius 3 is 2.62 bits per heavy atom. The summed E-state index contributed by atoms with van der Waals surface area (Å²) in [7, 11) is 4.00. The van der Waals surface area contributed by atoms with Crippen LogP contribution in [0.4, 0.5) is 5.69 Å². The van der Waals surface area contributed by atoms with Gasteiger partial charge in [0.05, 0.1) is 4.92 Å². The van der Waals surface area contributed by atoms with Gasteiger partial charge >= 0.3 is 0 Å². The van der Waals surface area contributed by atoms with Crippen molar-refractivity contribution in [1.29, 1.82) is 0 Å². The van der Waals surface area contributed by atoms with Gasteiger partial charge < -0.3 is 10.2 Å². The van der Waals surface area contributed by atoms with Crippen molar-refractivity contribution in [2.45, 2.75) is 24.8 Å². The summed E-state index contributed by atoms with van der Waals surface area (Å²) in [5.74, 6) is -0.317. The number of hydrogen-bond donors (Lipinski definition) is 1. The fourth-order valence-electron chi connectivity index (χ4n) is 2.51. The van der Waals surface area contributed by atoms with E-state index in [0.29, 0.717) is 6.54 Å². The maximum Gasteiger partial charge on any atom is 0.288 e. The minimum absolute atomic E-state index is 0.00796. The molecule has 1 fully saturated rings. The standard InChI is InChI=1S/C14H18ClN3O3/c1-17(2)14(6-3-7-14)9-16-13(19)10-4-5-11(15)12(8-10)18(20)21/h4-5,8H,3,6-7,9H2,1-2H3,(H,16,19). The molecule has 1 aromatic carbocycles. The first-order valence-electron chi connectivity index (χ1n) is 6.75. The molecule has 0 aromatic heterocycles. The van der Waals surface area contributed by atoms with Crippen molar-refractivity contribution in [3.63, 3.8) is 0 Å². The monoisotopic (exact) mass is 311 g/mol. The Bertz CT molecular complexity index is 571. The van der Waals surface area contributed by atoms with Gasteiger partial charge in [0.25, 0.3) is 11.6 Å². The fraction of sp³-hybridized carbons (Fsp3) is 0.500. The summed E-state index contributed by atoms with van der Waals surface area (Å²) < 4.78 is 0. The lowest BCUT2D eigenvalue weighted by Crippen LogP contribution is -2.57. The van der Waals surface area contributed by atoms with Gasteiger partial charge in [-0.1, -0.05) is 11.6 Å². The molecule has 1 aliphatic rings. The zero-order valence-electron chi connectivity index (χ0n) is 12.1. The Balaban J connectivity index is 2.07. The lowest BCUT2D eigenvalue weighted by Gasteiger charge is -2.47. The Kier molecular flexibility index (Phi) is 4.49. The molecule has 0 atom stereocenters. The van der Waals surface area contributed by atoms with E-state index in [4.69, 9.17) is 11.6 Å². The highest BCUT2D eigenvalue weighted by Crippen LogP contribution is 2.35. The topological polar surface area (TPSA) is 75.5 Å². The molecule has 0 saturated heterocycles. The number of amides is 1. The first-order chi connectivity index (χ1) is 9.85. The average molecular weight is 312 g/mol. The fourth-order valence-corrected chi connectivity index (χ4v) is 2.69. The number of nitro groups is 1. The molecule has 114 valence electrons. The number of nitro benzene ring substituents is 1. The van der Waals surface area contributed by atoms with Crippen molar-refractivity contribution >= 4 is 23.2 Å². The van der Waals surface area contributed by atoms with E-state index in [9.17, 15) is 14.9 Å². The van der Waals surface area contributed by atoms with Gasteiger partial charge in [0.2, 0.25) is 0 Å². The summed E-state index contributed by atoms with van der Waals surface area (Å²) in [6.45, 7) is 0.537. The molecule has 1 aliphatic carbocycles. The molecule has 0 spiro atoms. The van der Waals surface area contributed by atoms with E-state index in [1.54, 1.807) is 0 Å². The third-order valence-electron chi connectivity index (χ3n) is 4.22. The molecule has 21 heavy (non-hydrogen) atoms. The van der Waals surface area contributed by atoms with Gasteiger partial charge in [-0.3, -0.25) is 14.9 Å². The van der Waals surface area contributed by atoms with Crippen molar-refractivity contribution < 1.29 is 9.72 Å². The number of hydrogen-bond acceptors (Lipinski definition) is 4. The van der Waals surface area contributed by atoms with Crippen LogP contribution in [-0.2, 0) is 0 Å². The smallest absolute Gasteiger partial charge is 0.288 e. The third kappa shape index (κ3) is 3.16. The number of halogens is 1. The van der Waals surface area contributed by atoms with Crippen LogP contribution in [-0.4, -0.2) is 41.9 Å². The SMILES string of the molecule is CN(C)C1(CNC(=O)c2ccc(Cl)c([N+](=O)[O-])c2)CCC1. The second kappa shape index (κ2) is 5.99. The Labute approximate surface area is 128 Å². The summed E-state index contributed by atoms with van der Waals surface area (Å²) in [6, 6.07) is 4.08. The second-order valence-corrected chi connectivity index (χ2v) is 5.99. The summed E-state index contributed by atoms with van der Waals surface area (Å²) in [5.41, 5.74) is 0.00297. The Morgan fingerprint density at radius 1 is 1.48 bits per heavy atom. The minimum Gasteiger partial charge on any atom is -0.350 e. The minimum atomic E-state index is -0.591. The molecule has 0 bridgehead atoms. The molecule has 0 heterocycles. The zero-order chi connectivity index (χ0) is 15.6. The van der Waals surface area contributed by atoms with Crippen LogP contribution in [0, 0.1) is 10.1 Å². The molecular formula is C14H18ClN3O3. The van der Waals surface area contributed by atoms with Crippen molar-refractivity contribution in [3.8, 4) is 0 Å². The van der Waals surface area contributed by atoms with Crippen molar-refractivity contribution in [3.05, 3.63) is 38.9 Å². The van der Waals surface area contributed by atoms with Gasteiger partial charge in [-0.15, -0.1) is 0 Å². The molecule has 1 aromatic rings. The predicted octanol–water partition coefficient (Wildman–Crippen LogP) is 2.46. The number of rotatable bonds is 5. The Morgan fingerprint density at radius 2 is 2.14 bits per heavy atom. The first-order valence-corrected chi connectivity index (χ1v) is 7.13. The largest absolute Gasteiger partial charge is 0.350 e. The number of likely N-dealkylation sites (N-methyl/N-ethyl adjacent to an activating group) is 1. The van der Waals surface area contributed by atoms with E-state index in [0.717, 1.165) is 19.3 Å². The molecule has 2 rings (SSSR count). The zero-order valence-corrected chi connectivity index (χ0v) is 12.8. The normalized spacial score (nSPS) is 16.4. The number of carbonyl (C=O) groups is 1. The maximum absolute atomic E-state index is 12.1. The van der Waals surface area contributed by atoms with Gasteiger partial charge in [0.15, 0.2) is 0 Å². The van der Waals surface area contributed by atoms with Crippen LogP contribution in [0.25, 0.3) is 0 Å². The van der Waals surface area contributed by atoms with Gasteiger partial charge in [0, 0.05) is 23.7 Å². The maximum atomic E-state index is 12.1. The third-order valence-corrected chi connectivity index (χ3v) is 4.54. The molecule has 1 amide bonds. The van der Waals surface area contributed by atoms with Gasteiger partial charge in [-0.25, -0.2) is 0 Å². The Hall–Kier alpha value is -1.66. The molecular weight excluding hydrogens is 294 g/mol. The molecule has 0 aliphatic heterocycles. The number of carbonyl (C=O) groups excluding carboxylic acids is 1. The van der Waals surface area contributed by atoms with Crippen LogP contribution in [0.2, 0.25) is 5.02 Å². The van der Waals surface area contributed by atoms with Crippen molar-refractivity contribution in [1.82, 2.24) is 10.2 Å². The first kappa shape index (κ1) is 15.7. The van der Waals surface area contributed by atoms with Crippen LogP contribution in [0.5, 0.6) is 0 Å². The van der Waals surface area contributed by atoms with E-state index in [-0.39, 0.29) is 27.7 Å². The summed E-state index contributed by atoms with van der Waals surface area (Å²) in [4.78, 5) is 24.5. The molecule has 0 unspecified atom stereocenters. The van der Waals surface area contributed by atoms with E-state index < -0.39 is 4.92 Å². The number of benzene rings is 1. The van der Waals surface area contributed by atoms with Crippen molar-refractivity contribution in [2.75, 3.05) is 20.6 Å². The quantitative estimate of drug-likeness (QED) is 0.669. The second-order valence-electron chi connectivity index (χ2n) is 5.58. The highest BCUT2D eigenvalue weighted by atomic mass is 35.5. The summed E-state index contributed by atoms with van der Waals surface area (Å²) >= 11 is 5.74. The molecule has 1 saturated carbocycles. The summed E-state index contributed by atoms with van der Waals surface area (Å²) in [5, 5.41) is 13.7. The highest BCUT2D eigenvalue weighted by molar-refractivity contribution is 6.32. The highest BCUT2D eigenvalue weighted by Gasteiger charge is 2.39. The number of nitrogens with zero attached hydrogens (tertiary/aromatic N) is 2. The van der Waals surface area contributed by atoms with Gasteiger partial charge in [-0.05, 0) is 45.5 Å². The summed E-state index contributed by atoms with van der Waals surface area (Å²) in [6.07, 6.45) is 3.24. The van der Waals surface area contributed by atoms with Crippen LogP contribution in [0.15, 0.2) is 18.2 Å². The average Bonchev–Trinajstić information content (AvgIpc) is 2.36. The number of nitrogens with one attached hydrogen (secondary N) is 1. The lowest BCUT2D eigenvalue weighted by atomic mass is 9.75. The van der Waals surface area contributed by atoms with E-state index >= 15 is 0 Å². The van der Waals surface area contributed by atoms with Gasteiger partial charge in [-0.2, -0.15) is 0 Å². The van der Waals surface area contributed by atoms with Crippen LogP contribution >= 0.6 is 11.6 Å². The van der Waals surface area contributed by atoms with E-state index in [1.165, 1.54) is 18.2 Å². The van der Waals surface area contributed by atoms with E-state index in [1.807, 2.05) is 14.1 Å². The van der Waals surface area contributed by atoms with Crippen LogP contribution in [0.3, 0.4) is 0 Å². The molecule has 7 heteroatoms. The molecule has 1 N–H and O–H groups in total. The van der Waals surface area contributed by atoms with Gasteiger partial charge in [0.1, 0.15) is 5.02 Å². The van der Waals surface area contributed by atoms with Crippen LogP contribution < -0.4 is 5.32 Å². The molecule has 0 radical (unpaired) electrons. The van der Waals surface area contributed by atoms with Crippen molar-refractivity contribution in [2.24, 2.45) is 0 Å². The molecule has 6 nitrogen and oxygen atoms in total. The van der Waals surface area contributed by atoms with Crippen LogP contribution in [0.1, 0.15) is 29.6 Å².